The Labute approximate surface area is 201 Å². The molecule has 2 heterocycles. The average molecular weight is 476 g/mol. The Balaban J connectivity index is 1.43. The third kappa shape index (κ3) is 4.91. The Morgan fingerprint density at radius 3 is 2.54 bits per heavy atom. The van der Waals surface area contributed by atoms with Gasteiger partial charge in [-0.3, -0.25) is 14.9 Å². The van der Waals surface area contributed by atoms with Crippen LogP contribution in [0.1, 0.15) is 22.8 Å². The van der Waals surface area contributed by atoms with Crippen LogP contribution in [0.25, 0.3) is 0 Å². The summed E-state index contributed by atoms with van der Waals surface area (Å²) in [7, 11) is 3.44. The van der Waals surface area contributed by atoms with E-state index in [0.717, 1.165) is 11.3 Å². The second-order valence-electron chi connectivity index (χ2n) is 8.00. The van der Waals surface area contributed by atoms with Crippen molar-refractivity contribution in [2.75, 3.05) is 30.5 Å². The molecule has 0 radical (unpaired) electrons. The Kier molecular flexibility index (Phi) is 6.63. The second kappa shape index (κ2) is 9.80. The van der Waals surface area contributed by atoms with Gasteiger partial charge in [-0.05, 0) is 36.8 Å². The summed E-state index contributed by atoms with van der Waals surface area (Å²) in [5.41, 5.74) is 2.70. The van der Waals surface area contributed by atoms with E-state index in [2.05, 4.69) is 4.98 Å². The largest absolute Gasteiger partial charge is 0.464 e. The molecule has 1 amide bonds. The number of esters is 1. The first-order valence-electron chi connectivity index (χ1n) is 11.0. The Morgan fingerprint density at radius 1 is 1.17 bits per heavy atom. The molecule has 35 heavy (non-hydrogen) atoms. The third-order valence-electron chi connectivity index (χ3n) is 5.84. The molecule has 0 N–H and O–H groups in total. The lowest BCUT2D eigenvalue weighted by atomic mass is 10.1. The molecule has 3 aromatic rings. The molecule has 0 fully saturated rings. The summed E-state index contributed by atoms with van der Waals surface area (Å²) < 4.78 is 11.1. The number of amides is 1. The molecule has 4 rings (SSSR count). The number of aromatic nitrogens is 1. The van der Waals surface area contributed by atoms with Gasteiger partial charge < -0.3 is 19.3 Å². The van der Waals surface area contributed by atoms with Crippen molar-refractivity contribution < 1.29 is 24.0 Å². The minimum atomic E-state index is -0.516. The number of pyridine rings is 1. The van der Waals surface area contributed by atoms with Crippen LogP contribution in [0.4, 0.5) is 17.1 Å². The van der Waals surface area contributed by atoms with Gasteiger partial charge in [0, 0.05) is 56.0 Å². The van der Waals surface area contributed by atoms with E-state index in [9.17, 15) is 19.7 Å². The number of hydrogen-bond acceptors (Lipinski definition) is 8. The van der Waals surface area contributed by atoms with Gasteiger partial charge >= 0.3 is 5.97 Å². The lowest BCUT2D eigenvalue weighted by molar-refractivity contribution is -0.384. The number of likely N-dealkylation sites (N-methyl/N-ethyl adjacent to an activating group) is 1. The Hall–Kier alpha value is -4.47. The second-order valence-corrected chi connectivity index (χ2v) is 8.00. The van der Waals surface area contributed by atoms with Crippen LogP contribution in [0.5, 0.6) is 11.6 Å². The van der Waals surface area contributed by atoms with Crippen LogP contribution in [0.2, 0.25) is 0 Å². The average Bonchev–Trinajstić information content (AvgIpc) is 3.20. The van der Waals surface area contributed by atoms with Crippen molar-refractivity contribution >= 4 is 28.9 Å². The van der Waals surface area contributed by atoms with Crippen molar-refractivity contribution in [2.24, 2.45) is 0 Å². The van der Waals surface area contributed by atoms with E-state index in [1.807, 2.05) is 30.1 Å². The highest BCUT2D eigenvalue weighted by Gasteiger charge is 2.33. The predicted octanol–water partition coefficient (Wildman–Crippen LogP) is 3.98. The predicted molar refractivity (Wildman–Crippen MR) is 129 cm³/mol. The molecule has 180 valence electrons. The van der Waals surface area contributed by atoms with Gasteiger partial charge in [0.15, 0.2) is 0 Å². The van der Waals surface area contributed by atoms with Gasteiger partial charge in [0.2, 0.25) is 5.88 Å². The summed E-state index contributed by atoms with van der Waals surface area (Å²) >= 11 is 0. The molecule has 0 saturated carbocycles. The number of benzene rings is 2. The fraction of sp³-hybridized carbons (Fsp3) is 0.240. The molecular formula is C25H24N4O6. The maximum Gasteiger partial charge on any atom is 0.329 e. The molecule has 1 aromatic heterocycles. The number of carbonyl (C=O) groups is 2. The zero-order valence-corrected chi connectivity index (χ0v) is 19.5. The number of fused-ring (bicyclic) bond motifs is 1. The maximum absolute atomic E-state index is 12.7. The van der Waals surface area contributed by atoms with Gasteiger partial charge in [-0.1, -0.05) is 6.07 Å². The Bertz CT molecular complexity index is 1260. The van der Waals surface area contributed by atoms with Crippen molar-refractivity contribution in [3.05, 3.63) is 82.0 Å². The van der Waals surface area contributed by atoms with E-state index in [0.29, 0.717) is 35.9 Å². The van der Waals surface area contributed by atoms with Crippen molar-refractivity contribution in [1.29, 1.82) is 0 Å². The van der Waals surface area contributed by atoms with Crippen molar-refractivity contribution in [2.45, 2.75) is 19.4 Å². The molecular weight excluding hydrogens is 452 g/mol. The van der Waals surface area contributed by atoms with Crippen LogP contribution in [0, 0.1) is 10.1 Å². The molecule has 10 heteroatoms. The molecule has 2 aromatic carbocycles. The first-order valence-corrected chi connectivity index (χ1v) is 11.0. The van der Waals surface area contributed by atoms with E-state index in [1.54, 1.807) is 26.1 Å². The first kappa shape index (κ1) is 23.7. The van der Waals surface area contributed by atoms with E-state index in [4.69, 9.17) is 9.47 Å². The SMILES string of the molecule is CCOC(=O)C1Cc2ccc(Oc3ccc(N(C)C(=O)c4ccc([N+](=O)[O-])cc4)cn3)cc2N1C. The summed E-state index contributed by atoms with van der Waals surface area (Å²) in [6.07, 6.45) is 2.09. The fourth-order valence-corrected chi connectivity index (χ4v) is 3.89. The van der Waals surface area contributed by atoms with Crippen molar-refractivity contribution in [3.8, 4) is 11.6 Å². The number of carbonyl (C=O) groups excluding carboxylic acids is 2. The van der Waals surface area contributed by atoms with Gasteiger partial charge in [-0.15, -0.1) is 0 Å². The smallest absolute Gasteiger partial charge is 0.329 e. The molecule has 1 aliphatic heterocycles. The fourth-order valence-electron chi connectivity index (χ4n) is 3.89. The number of non-ortho nitro benzene ring substituents is 1. The topological polar surface area (TPSA) is 115 Å². The van der Waals surface area contributed by atoms with Crippen LogP contribution in [-0.2, 0) is 16.0 Å². The van der Waals surface area contributed by atoms with Crippen LogP contribution in [0.15, 0.2) is 60.8 Å². The highest BCUT2D eigenvalue weighted by atomic mass is 16.6. The van der Waals surface area contributed by atoms with Gasteiger partial charge in [0.25, 0.3) is 11.6 Å². The number of nitro benzene ring substituents is 1. The third-order valence-corrected chi connectivity index (χ3v) is 5.84. The molecule has 0 spiro atoms. The quantitative estimate of drug-likeness (QED) is 0.286. The number of hydrogen-bond donors (Lipinski definition) is 0. The van der Waals surface area contributed by atoms with Crippen LogP contribution in [-0.4, -0.2) is 48.5 Å². The highest BCUT2D eigenvalue weighted by Crippen LogP contribution is 2.35. The molecule has 0 bridgehead atoms. The van der Waals surface area contributed by atoms with Gasteiger partial charge in [0.1, 0.15) is 11.8 Å². The van der Waals surface area contributed by atoms with Crippen LogP contribution >= 0.6 is 0 Å². The Morgan fingerprint density at radius 2 is 1.91 bits per heavy atom. The summed E-state index contributed by atoms with van der Waals surface area (Å²) in [4.78, 5) is 42.8. The summed E-state index contributed by atoms with van der Waals surface area (Å²) in [5.74, 6) is 0.328. The van der Waals surface area contributed by atoms with Crippen molar-refractivity contribution in [1.82, 2.24) is 4.98 Å². The lowest BCUT2D eigenvalue weighted by Crippen LogP contribution is -2.37. The van der Waals surface area contributed by atoms with Crippen molar-refractivity contribution in [3.63, 3.8) is 0 Å². The number of rotatable bonds is 7. The van der Waals surface area contributed by atoms with Gasteiger partial charge in [-0.2, -0.15) is 0 Å². The van der Waals surface area contributed by atoms with Crippen LogP contribution < -0.4 is 14.5 Å². The maximum atomic E-state index is 12.7. The molecule has 1 atom stereocenters. The van der Waals surface area contributed by atoms with E-state index < -0.39 is 4.92 Å². The molecule has 1 aliphatic rings. The van der Waals surface area contributed by atoms with Gasteiger partial charge in [0.05, 0.1) is 23.4 Å². The number of nitro groups is 1. The standard InChI is InChI=1S/C25H24N4O6/c1-4-34-25(31)22-13-17-7-11-20(14-21(17)28(22)3)35-23-12-10-19(15-26-23)27(2)24(30)16-5-8-18(9-6-16)29(32)33/h5-12,14-15,22H,4,13H2,1-3H3. The molecule has 10 nitrogen and oxygen atoms in total. The monoisotopic (exact) mass is 476 g/mol. The van der Waals surface area contributed by atoms with E-state index >= 15 is 0 Å². The van der Waals surface area contributed by atoms with E-state index in [-0.39, 0.29) is 23.6 Å². The minimum absolute atomic E-state index is 0.0819. The normalized spacial score (nSPS) is 14.3. The minimum Gasteiger partial charge on any atom is -0.464 e. The number of anilines is 2. The van der Waals surface area contributed by atoms with E-state index in [1.165, 1.54) is 35.4 Å². The zero-order valence-electron chi connectivity index (χ0n) is 19.5. The zero-order chi connectivity index (χ0) is 25.1. The lowest BCUT2D eigenvalue weighted by Gasteiger charge is -2.21. The highest BCUT2D eigenvalue weighted by molar-refractivity contribution is 6.05. The summed E-state index contributed by atoms with van der Waals surface area (Å²) in [6.45, 7) is 2.12. The molecule has 0 saturated heterocycles. The van der Waals surface area contributed by atoms with Gasteiger partial charge in [-0.25, -0.2) is 9.78 Å². The molecule has 0 aliphatic carbocycles. The first-order chi connectivity index (χ1) is 16.8. The van der Waals surface area contributed by atoms with Crippen LogP contribution in [0.3, 0.4) is 0 Å². The number of nitrogens with zero attached hydrogens (tertiary/aromatic N) is 4. The molecule has 1 unspecified atom stereocenters. The summed E-state index contributed by atoms with van der Waals surface area (Å²) in [6, 6.07) is 14.0. The summed E-state index contributed by atoms with van der Waals surface area (Å²) in [5, 5.41) is 10.8. The number of ether oxygens (including phenoxy) is 2.